The highest BCUT2D eigenvalue weighted by Gasteiger charge is 2.29. The second kappa shape index (κ2) is 7.13. The second-order valence-corrected chi connectivity index (χ2v) is 9.56. The summed E-state index contributed by atoms with van der Waals surface area (Å²) in [5, 5.41) is 0.0922. The van der Waals surface area contributed by atoms with Gasteiger partial charge in [-0.1, -0.05) is 18.2 Å². The van der Waals surface area contributed by atoms with Gasteiger partial charge in [-0.25, -0.2) is 8.42 Å². The number of thioether (sulfide) groups is 1. The number of piperazine rings is 1. The van der Waals surface area contributed by atoms with E-state index in [-0.39, 0.29) is 22.7 Å². The van der Waals surface area contributed by atoms with Gasteiger partial charge >= 0.3 is 0 Å². The summed E-state index contributed by atoms with van der Waals surface area (Å²) in [6.45, 7) is 3.16. The number of benzene rings is 1. The number of anilines is 1. The Kier molecular flexibility index (Phi) is 5.16. The van der Waals surface area contributed by atoms with E-state index in [2.05, 4.69) is 17.0 Å². The smallest absolute Gasteiger partial charge is 0.232 e. The number of rotatable bonds is 4. The summed E-state index contributed by atoms with van der Waals surface area (Å²) >= 11 is 1.50. The Hall–Kier alpha value is -1.21. The molecule has 1 amide bonds. The molecule has 0 bridgehead atoms. The van der Waals surface area contributed by atoms with Gasteiger partial charge in [0.05, 0.1) is 17.3 Å². The van der Waals surface area contributed by atoms with Gasteiger partial charge in [-0.05, 0) is 18.6 Å². The first-order valence-electron chi connectivity index (χ1n) is 7.93. The average Bonchev–Trinajstić information content (AvgIpc) is 2.93. The second-order valence-electron chi connectivity index (χ2n) is 6.04. The third-order valence-corrected chi connectivity index (χ3v) is 7.65. The van der Waals surface area contributed by atoms with E-state index in [0.29, 0.717) is 12.2 Å². The van der Waals surface area contributed by atoms with E-state index in [4.69, 9.17) is 0 Å². The molecule has 3 rings (SSSR count). The summed E-state index contributed by atoms with van der Waals surface area (Å²) in [4.78, 5) is 16.5. The largest absolute Gasteiger partial charge is 0.368 e. The molecule has 1 atom stereocenters. The Balaban J connectivity index is 1.43. The van der Waals surface area contributed by atoms with E-state index in [1.807, 2.05) is 23.1 Å². The highest BCUT2D eigenvalue weighted by molar-refractivity contribution is 8.02. The molecule has 1 aromatic carbocycles. The predicted molar refractivity (Wildman–Crippen MR) is 94.8 cm³/mol. The highest BCUT2D eigenvalue weighted by atomic mass is 32.2. The topological polar surface area (TPSA) is 57.7 Å². The van der Waals surface area contributed by atoms with E-state index < -0.39 is 9.84 Å². The molecule has 0 spiro atoms. The van der Waals surface area contributed by atoms with Crippen LogP contribution in [0.3, 0.4) is 0 Å². The maximum absolute atomic E-state index is 12.3. The quantitative estimate of drug-likeness (QED) is 0.815. The molecule has 126 valence electrons. The van der Waals surface area contributed by atoms with Crippen molar-refractivity contribution >= 4 is 33.2 Å². The van der Waals surface area contributed by atoms with Crippen LogP contribution in [0.1, 0.15) is 6.42 Å². The van der Waals surface area contributed by atoms with Crippen molar-refractivity contribution < 1.29 is 13.2 Å². The zero-order chi connectivity index (χ0) is 16.3. The fourth-order valence-electron chi connectivity index (χ4n) is 3.03. The molecule has 2 aliphatic heterocycles. The predicted octanol–water partition coefficient (Wildman–Crippen LogP) is 1.26. The molecule has 2 aliphatic rings. The van der Waals surface area contributed by atoms with Crippen LogP contribution in [-0.4, -0.2) is 67.9 Å². The van der Waals surface area contributed by atoms with Crippen molar-refractivity contribution in [3.05, 3.63) is 30.3 Å². The number of hydrogen-bond acceptors (Lipinski definition) is 5. The van der Waals surface area contributed by atoms with Crippen molar-refractivity contribution in [1.82, 2.24) is 4.90 Å². The van der Waals surface area contributed by atoms with Crippen LogP contribution >= 0.6 is 11.8 Å². The van der Waals surface area contributed by atoms with Gasteiger partial charge in [0.2, 0.25) is 5.91 Å². The van der Waals surface area contributed by atoms with Crippen LogP contribution in [-0.2, 0) is 14.6 Å². The van der Waals surface area contributed by atoms with E-state index in [0.717, 1.165) is 26.2 Å². The lowest BCUT2D eigenvalue weighted by molar-refractivity contribution is -0.128. The summed E-state index contributed by atoms with van der Waals surface area (Å²) in [5.74, 6) is 1.03. The van der Waals surface area contributed by atoms with Crippen LogP contribution in [0.4, 0.5) is 5.69 Å². The summed E-state index contributed by atoms with van der Waals surface area (Å²) in [6.07, 6.45) is 0.683. The van der Waals surface area contributed by atoms with Crippen LogP contribution in [0.2, 0.25) is 0 Å². The van der Waals surface area contributed by atoms with Gasteiger partial charge in [-0.2, -0.15) is 0 Å². The molecule has 0 aromatic heterocycles. The molecule has 7 heteroatoms. The van der Waals surface area contributed by atoms with Crippen molar-refractivity contribution in [3.8, 4) is 0 Å². The van der Waals surface area contributed by atoms with Crippen molar-refractivity contribution in [2.75, 3.05) is 48.3 Å². The number of hydrogen-bond donors (Lipinski definition) is 0. The zero-order valence-corrected chi connectivity index (χ0v) is 14.7. The first kappa shape index (κ1) is 16.6. The van der Waals surface area contributed by atoms with E-state index in [1.54, 1.807) is 0 Å². The number of amides is 1. The van der Waals surface area contributed by atoms with E-state index in [9.17, 15) is 13.2 Å². The lowest BCUT2D eigenvalue weighted by Gasteiger charge is -2.36. The molecule has 0 N–H and O–H groups in total. The molecular formula is C16H22N2O3S2. The maximum Gasteiger partial charge on any atom is 0.232 e. The fraction of sp³-hybridized carbons (Fsp3) is 0.562. The molecule has 23 heavy (non-hydrogen) atoms. The minimum Gasteiger partial charge on any atom is -0.368 e. The van der Waals surface area contributed by atoms with Crippen LogP contribution in [0.25, 0.3) is 0 Å². The Bertz CT molecular complexity index is 641. The standard InChI is InChI=1S/C16H22N2O3S2/c19-16(12-22-15-6-11-23(20,21)13-15)18-9-7-17(8-10-18)14-4-2-1-3-5-14/h1-5,15H,6-13H2/t15-/m0/s1. The molecule has 2 saturated heterocycles. The summed E-state index contributed by atoms with van der Waals surface area (Å²) in [5.41, 5.74) is 1.20. The number of nitrogens with zero attached hydrogens (tertiary/aromatic N) is 2. The lowest BCUT2D eigenvalue weighted by Crippen LogP contribution is -2.49. The molecular weight excluding hydrogens is 332 g/mol. The fourth-order valence-corrected chi connectivity index (χ4v) is 6.57. The first-order valence-corrected chi connectivity index (χ1v) is 10.8. The average molecular weight is 354 g/mol. The van der Waals surface area contributed by atoms with Gasteiger partial charge in [-0.15, -0.1) is 11.8 Å². The van der Waals surface area contributed by atoms with Gasteiger partial charge < -0.3 is 9.80 Å². The monoisotopic (exact) mass is 354 g/mol. The van der Waals surface area contributed by atoms with Crippen molar-refractivity contribution in [1.29, 1.82) is 0 Å². The van der Waals surface area contributed by atoms with Gasteiger partial charge in [0.25, 0.3) is 0 Å². The Labute approximate surface area is 141 Å². The summed E-state index contributed by atoms with van der Waals surface area (Å²) in [6, 6.07) is 10.2. The van der Waals surface area contributed by atoms with Crippen LogP contribution in [0, 0.1) is 0 Å². The van der Waals surface area contributed by atoms with Crippen LogP contribution in [0.5, 0.6) is 0 Å². The molecule has 0 radical (unpaired) electrons. The van der Waals surface area contributed by atoms with E-state index in [1.165, 1.54) is 17.4 Å². The first-order chi connectivity index (χ1) is 11.0. The normalized spacial score (nSPS) is 23.9. The minimum absolute atomic E-state index is 0.0922. The Morgan fingerprint density at radius 1 is 1.13 bits per heavy atom. The summed E-state index contributed by atoms with van der Waals surface area (Å²) < 4.78 is 22.9. The molecule has 1 aromatic rings. The van der Waals surface area contributed by atoms with Gasteiger partial charge in [0.15, 0.2) is 9.84 Å². The highest BCUT2D eigenvalue weighted by Crippen LogP contribution is 2.25. The van der Waals surface area contributed by atoms with Gasteiger partial charge in [-0.3, -0.25) is 4.79 Å². The number of sulfone groups is 1. The summed E-state index contributed by atoms with van der Waals surface area (Å²) in [7, 11) is -2.86. The molecule has 5 nitrogen and oxygen atoms in total. The molecule has 0 unspecified atom stereocenters. The van der Waals surface area contributed by atoms with Gasteiger partial charge in [0.1, 0.15) is 0 Å². The number of para-hydroxylation sites is 1. The minimum atomic E-state index is -2.86. The van der Waals surface area contributed by atoms with Crippen molar-refractivity contribution in [2.24, 2.45) is 0 Å². The lowest BCUT2D eigenvalue weighted by atomic mass is 10.2. The molecule has 2 heterocycles. The van der Waals surface area contributed by atoms with Gasteiger partial charge in [0, 0.05) is 37.1 Å². The third-order valence-electron chi connectivity index (χ3n) is 4.39. The van der Waals surface area contributed by atoms with Crippen LogP contribution in [0.15, 0.2) is 30.3 Å². The maximum atomic E-state index is 12.3. The van der Waals surface area contributed by atoms with Crippen molar-refractivity contribution in [3.63, 3.8) is 0 Å². The van der Waals surface area contributed by atoms with Crippen LogP contribution < -0.4 is 4.90 Å². The van der Waals surface area contributed by atoms with Crippen molar-refractivity contribution in [2.45, 2.75) is 11.7 Å². The molecule has 0 aliphatic carbocycles. The molecule has 2 fully saturated rings. The zero-order valence-electron chi connectivity index (χ0n) is 13.1. The Morgan fingerprint density at radius 3 is 2.43 bits per heavy atom. The van der Waals surface area contributed by atoms with E-state index >= 15 is 0 Å². The number of carbonyl (C=O) groups excluding carboxylic acids is 1. The molecule has 0 saturated carbocycles. The number of carbonyl (C=O) groups is 1. The SMILES string of the molecule is O=C(CS[C@H]1CCS(=O)(=O)C1)N1CCN(c2ccccc2)CC1. The Morgan fingerprint density at radius 2 is 1.83 bits per heavy atom. The third kappa shape index (κ3) is 4.41.